The van der Waals surface area contributed by atoms with Crippen LogP contribution in [-0.4, -0.2) is 22.9 Å². The van der Waals surface area contributed by atoms with Gasteiger partial charge in [0.25, 0.3) is 11.6 Å². The highest BCUT2D eigenvalue weighted by atomic mass is 32.1. The Bertz CT molecular complexity index is 1270. The van der Waals surface area contributed by atoms with Crippen molar-refractivity contribution in [3.63, 3.8) is 0 Å². The van der Waals surface area contributed by atoms with Crippen LogP contribution in [-0.2, 0) is 0 Å². The Hall–Kier alpha value is -4.05. The summed E-state index contributed by atoms with van der Waals surface area (Å²) in [6.45, 7) is 0. The molecule has 0 aliphatic heterocycles. The Labute approximate surface area is 179 Å². The standard InChI is InChI=1S/C21H14FN3O5S/c1-29-18-7-4-13(10-15(18)22)16-11-31-21(23-16)24-20(26)19-9-8-17(30-19)12-2-5-14(6-3-12)25(27)28/h2-11H,1H3,(H,23,24,26). The third kappa shape index (κ3) is 4.28. The number of carbonyl (C=O) groups excluding carboxylic acids is 1. The lowest BCUT2D eigenvalue weighted by atomic mass is 10.1. The zero-order chi connectivity index (χ0) is 22.0. The van der Waals surface area contributed by atoms with Gasteiger partial charge in [0.1, 0.15) is 5.76 Å². The second kappa shape index (κ2) is 8.36. The van der Waals surface area contributed by atoms with Crippen LogP contribution in [0.15, 0.2) is 64.4 Å². The smallest absolute Gasteiger partial charge is 0.293 e. The number of nitro groups is 1. The van der Waals surface area contributed by atoms with E-state index in [0.717, 1.165) is 0 Å². The molecule has 0 aliphatic rings. The van der Waals surface area contributed by atoms with Crippen LogP contribution < -0.4 is 10.1 Å². The SMILES string of the molecule is COc1ccc(-c2csc(NC(=O)c3ccc(-c4ccc([N+](=O)[O-])cc4)o3)n2)cc1F. The van der Waals surface area contributed by atoms with E-state index in [1.807, 2.05) is 0 Å². The third-order valence-electron chi connectivity index (χ3n) is 4.36. The van der Waals surface area contributed by atoms with E-state index in [0.29, 0.717) is 27.7 Å². The molecule has 0 spiro atoms. The quantitative estimate of drug-likeness (QED) is 0.319. The number of anilines is 1. The second-order valence-corrected chi connectivity index (χ2v) is 7.17. The highest BCUT2D eigenvalue weighted by Crippen LogP contribution is 2.29. The fourth-order valence-corrected chi connectivity index (χ4v) is 3.53. The van der Waals surface area contributed by atoms with Crippen LogP contribution in [0.25, 0.3) is 22.6 Å². The van der Waals surface area contributed by atoms with E-state index in [1.54, 1.807) is 29.6 Å². The van der Waals surface area contributed by atoms with Crippen molar-refractivity contribution in [1.82, 2.24) is 4.98 Å². The number of nitrogens with one attached hydrogen (secondary N) is 1. The number of aromatic nitrogens is 1. The van der Waals surface area contributed by atoms with Gasteiger partial charge in [-0.1, -0.05) is 0 Å². The average Bonchev–Trinajstić information content (AvgIpc) is 3.44. The molecule has 10 heteroatoms. The lowest BCUT2D eigenvalue weighted by molar-refractivity contribution is -0.384. The number of nitrogens with zero attached hydrogens (tertiary/aromatic N) is 2. The van der Waals surface area contributed by atoms with Crippen molar-refractivity contribution in [2.24, 2.45) is 0 Å². The predicted octanol–water partition coefficient (Wildman–Crippen LogP) is 5.38. The number of furan rings is 1. The Balaban J connectivity index is 1.47. The molecule has 0 bridgehead atoms. The first-order chi connectivity index (χ1) is 14.9. The van der Waals surface area contributed by atoms with Crippen LogP contribution in [0.2, 0.25) is 0 Å². The van der Waals surface area contributed by atoms with Crippen LogP contribution in [0.4, 0.5) is 15.2 Å². The van der Waals surface area contributed by atoms with Crippen LogP contribution in [0, 0.1) is 15.9 Å². The molecule has 0 unspecified atom stereocenters. The normalized spacial score (nSPS) is 10.6. The first-order valence-corrected chi connectivity index (χ1v) is 9.78. The van der Waals surface area contributed by atoms with Gasteiger partial charge in [0.15, 0.2) is 22.5 Å². The van der Waals surface area contributed by atoms with Crippen molar-refractivity contribution < 1.29 is 23.3 Å². The highest BCUT2D eigenvalue weighted by molar-refractivity contribution is 7.14. The van der Waals surface area contributed by atoms with E-state index in [9.17, 15) is 19.3 Å². The topological polar surface area (TPSA) is 108 Å². The number of ether oxygens (including phenoxy) is 1. The fraction of sp³-hybridized carbons (Fsp3) is 0.0476. The van der Waals surface area contributed by atoms with Gasteiger partial charge in [-0.2, -0.15) is 0 Å². The molecule has 0 atom stereocenters. The van der Waals surface area contributed by atoms with E-state index in [2.05, 4.69) is 10.3 Å². The Morgan fingerprint density at radius 2 is 1.90 bits per heavy atom. The van der Waals surface area contributed by atoms with Gasteiger partial charge in [-0.05, 0) is 42.5 Å². The van der Waals surface area contributed by atoms with Gasteiger partial charge in [-0.3, -0.25) is 20.2 Å². The zero-order valence-electron chi connectivity index (χ0n) is 16.0. The zero-order valence-corrected chi connectivity index (χ0v) is 16.8. The molecule has 0 fully saturated rings. The molecule has 0 saturated carbocycles. The number of hydrogen-bond acceptors (Lipinski definition) is 7. The summed E-state index contributed by atoms with van der Waals surface area (Å²) in [6, 6.07) is 13.4. The Morgan fingerprint density at radius 1 is 1.16 bits per heavy atom. The molecule has 8 nitrogen and oxygen atoms in total. The van der Waals surface area contributed by atoms with Crippen molar-refractivity contribution in [1.29, 1.82) is 0 Å². The van der Waals surface area contributed by atoms with Crippen LogP contribution >= 0.6 is 11.3 Å². The van der Waals surface area contributed by atoms with E-state index >= 15 is 0 Å². The molecule has 2 aromatic heterocycles. The first kappa shape index (κ1) is 20.2. The third-order valence-corrected chi connectivity index (χ3v) is 5.12. The van der Waals surface area contributed by atoms with Gasteiger partial charge < -0.3 is 9.15 Å². The van der Waals surface area contributed by atoms with Crippen molar-refractivity contribution >= 4 is 28.1 Å². The molecule has 4 rings (SSSR count). The van der Waals surface area contributed by atoms with Crippen molar-refractivity contribution in [3.05, 3.63) is 81.7 Å². The lowest BCUT2D eigenvalue weighted by Gasteiger charge is -2.03. The molecule has 31 heavy (non-hydrogen) atoms. The van der Waals surface area contributed by atoms with Crippen LogP contribution in [0.1, 0.15) is 10.6 Å². The first-order valence-electron chi connectivity index (χ1n) is 8.90. The minimum Gasteiger partial charge on any atom is -0.494 e. The molecular formula is C21H14FN3O5S. The number of thiazole rings is 1. The predicted molar refractivity (Wildman–Crippen MR) is 113 cm³/mol. The number of benzene rings is 2. The number of methoxy groups -OCH3 is 1. The number of carbonyl (C=O) groups is 1. The molecule has 156 valence electrons. The van der Waals surface area contributed by atoms with E-state index in [1.165, 1.54) is 48.8 Å². The number of nitro benzene ring substituents is 1. The Morgan fingerprint density at radius 3 is 2.58 bits per heavy atom. The Kier molecular flexibility index (Phi) is 5.46. The molecule has 4 aromatic rings. The molecule has 2 aromatic carbocycles. The van der Waals surface area contributed by atoms with Gasteiger partial charge >= 0.3 is 0 Å². The minimum absolute atomic E-state index is 0.0374. The maximum absolute atomic E-state index is 13.9. The maximum Gasteiger partial charge on any atom is 0.293 e. The summed E-state index contributed by atoms with van der Waals surface area (Å²) < 4.78 is 24.4. The van der Waals surface area contributed by atoms with Crippen molar-refractivity contribution in [2.45, 2.75) is 0 Å². The second-order valence-electron chi connectivity index (χ2n) is 6.31. The van der Waals surface area contributed by atoms with Crippen molar-refractivity contribution in [2.75, 3.05) is 12.4 Å². The molecule has 0 aliphatic carbocycles. The average molecular weight is 439 g/mol. The summed E-state index contributed by atoms with van der Waals surface area (Å²) in [7, 11) is 1.39. The van der Waals surface area contributed by atoms with Gasteiger partial charge in [-0.25, -0.2) is 9.37 Å². The summed E-state index contributed by atoms with van der Waals surface area (Å²) in [4.78, 5) is 27.0. The summed E-state index contributed by atoms with van der Waals surface area (Å²) in [5.41, 5.74) is 1.62. The van der Waals surface area contributed by atoms with E-state index in [-0.39, 0.29) is 17.2 Å². The van der Waals surface area contributed by atoms with Gasteiger partial charge in [-0.15, -0.1) is 11.3 Å². The number of halogens is 1. The number of amides is 1. The summed E-state index contributed by atoms with van der Waals surface area (Å²) in [5.74, 6) is -0.425. The number of rotatable bonds is 6. The van der Waals surface area contributed by atoms with E-state index < -0.39 is 16.6 Å². The molecule has 1 N–H and O–H groups in total. The van der Waals surface area contributed by atoms with Crippen LogP contribution in [0.5, 0.6) is 5.75 Å². The van der Waals surface area contributed by atoms with Gasteiger partial charge in [0.2, 0.25) is 0 Å². The monoisotopic (exact) mass is 439 g/mol. The number of hydrogen-bond donors (Lipinski definition) is 1. The molecule has 1 amide bonds. The summed E-state index contributed by atoms with van der Waals surface area (Å²) >= 11 is 1.19. The largest absolute Gasteiger partial charge is 0.494 e. The minimum atomic E-state index is -0.507. The molecular weight excluding hydrogens is 425 g/mol. The lowest BCUT2D eigenvalue weighted by Crippen LogP contribution is -2.10. The summed E-state index contributed by atoms with van der Waals surface area (Å²) in [6.07, 6.45) is 0. The number of non-ortho nitro benzene ring substituents is 1. The molecule has 0 radical (unpaired) electrons. The van der Waals surface area contributed by atoms with Gasteiger partial charge in [0, 0.05) is 28.6 Å². The van der Waals surface area contributed by atoms with Crippen LogP contribution in [0.3, 0.4) is 0 Å². The van der Waals surface area contributed by atoms with E-state index in [4.69, 9.17) is 9.15 Å². The molecule has 0 saturated heterocycles. The van der Waals surface area contributed by atoms with Crippen molar-refractivity contribution in [3.8, 4) is 28.3 Å². The maximum atomic E-state index is 13.9. The fourth-order valence-electron chi connectivity index (χ4n) is 2.81. The highest BCUT2D eigenvalue weighted by Gasteiger charge is 2.16. The summed E-state index contributed by atoms with van der Waals surface area (Å²) in [5, 5.41) is 15.4. The molecule has 2 heterocycles. The van der Waals surface area contributed by atoms with Gasteiger partial charge in [0.05, 0.1) is 17.7 Å².